The summed E-state index contributed by atoms with van der Waals surface area (Å²) in [6.45, 7) is 0. The van der Waals surface area contributed by atoms with Crippen molar-refractivity contribution < 1.29 is 0 Å². The smallest absolute Gasteiger partial charge is 0.0467 e. The lowest BCUT2D eigenvalue weighted by molar-refractivity contribution is 1.28. The second-order valence-electron chi connectivity index (χ2n) is 14.9. The maximum atomic E-state index is 2.37. The number of benzene rings is 10. The highest BCUT2D eigenvalue weighted by Crippen LogP contribution is 2.42. The van der Waals surface area contributed by atoms with Crippen molar-refractivity contribution in [3.8, 4) is 66.8 Å². The number of anilines is 3. The third-order valence-electron chi connectivity index (χ3n) is 11.3. The van der Waals surface area contributed by atoms with Crippen LogP contribution in [-0.4, -0.2) is 0 Å². The van der Waals surface area contributed by atoms with Gasteiger partial charge in [-0.2, -0.15) is 0 Å². The zero-order valence-electron chi connectivity index (χ0n) is 32.6. The molecule has 0 aliphatic heterocycles. The summed E-state index contributed by atoms with van der Waals surface area (Å²) in [5.41, 5.74) is 17.7. The number of fused-ring (bicyclic) bond motifs is 1. The van der Waals surface area contributed by atoms with Gasteiger partial charge in [-0.1, -0.05) is 212 Å². The Labute approximate surface area is 346 Å². The second kappa shape index (κ2) is 16.0. The Morgan fingerprint density at radius 2 is 0.542 bits per heavy atom. The Morgan fingerprint density at radius 3 is 1.08 bits per heavy atom. The Hall–Kier alpha value is -7.74. The molecule has 0 fully saturated rings. The summed E-state index contributed by atoms with van der Waals surface area (Å²) < 4.78 is 0. The van der Waals surface area contributed by atoms with E-state index in [1.807, 2.05) is 0 Å². The minimum Gasteiger partial charge on any atom is -0.310 e. The van der Waals surface area contributed by atoms with Crippen molar-refractivity contribution in [2.75, 3.05) is 4.90 Å². The van der Waals surface area contributed by atoms with Gasteiger partial charge in [-0.05, 0) is 114 Å². The van der Waals surface area contributed by atoms with Crippen LogP contribution in [-0.2, 0) is 0 Å². The Bertz CT molecular complexity index is 2980. The molecule has 0 amide bonds. The molecule has 0 N–H and O–H groups in total. The van der Waals surface area contributed by atoms with Crippen LogP contribution in [0.4, 0.5) is 17.1 Å². The molecule has 0 unspecified atom stereocenters. The normalized spacial score (nSPS) is 11.1. The van der Waals surface area contributed by atoms with Gasteiger partial charge in [-0.15, -0.1) is 0 Å². The van der Waals surface area contributed by atoms with Gasteiger partial charge in [0.1, 0.15) is 0 Å². The average Bonchev–Trinajstić information content (AvgIpc) is 3.33. The maximum absolute atomic E-state index is 2.37. The van der Waals surface area contributed by atoms with Gasteiger partial charge in [-0.3, -0.25) is 0 Å². The molecule has 0 aromatic heterocycles. The largest absolute Gasteiger partial charge is 0.310 e. The Balaban J connectivity index is 1.05. The van der Waals surface area contributed by atoms with Crippen molar-refractivity contribution in [2.24, 2.45) is 0 Å². The standard InChI is InChI=1S/C58H41N/c1-4-15-42(16-5-1)44-29-31-47(32-30-44)54-25-10-11-26-55(54)50-23-12-24-53(41-50)59(51-37-33-45(34-38-51)43-17-6-2-7-18-43)52-39-35-48(36-40-52)57-28-14-22-49-21-13-27-56(58(49)57)46-19-8-3-9-20-46/h1-41H. The fourth-order valence-electron chi connectivity index (χ4n) is 8.38. The first-order valence-electron chi connectivity index (χ1n) is 20.3. The van der Waals surface area contributed by atoms with Crippen LogP contribution in [0, 0.1) is 0 Å². The lowest BCUT2D eigenvalue weighted by atomic mass is 9.91. The van der Waals surface area contributed by atoms with E-state index in [0.29, 0.717) is 0 Å². The van der Waals surface area contributed by atoms with E-state index < -0.39 is 0 Å². The van der Waals surface area contributed by atoms with E-state index in [1.165, 1.54) is 72.0 Å². The SMILES string of the molecule is c1ccc(-c2ccc(-c3ccccc3-c3cccc(N(c4ccc(-c5ccccc5)cc4)c4ccc(-c5cccc6cccc(-c7ccccc7)c56)cc4)c3)cc2)cc1. The minimum atomic E-state index is 1.09. The van der Waals surface area contributed by atoms with E-state index >= 15 is 0 Å². The lowest BCUT2D eigenvalue weighted by Gasteiger charge is -2.27. The van der Waals surface area contributed by atoms with E-state index in [1.54, 1.807) is 0 Å². The van der Waals surface area contributed by atoms with Crippen LogP contribution in [0.2, 0.25) is 0 Å². The Morgan fingerprint density at radius 1 is 0.203 bits per heavy atom. The molecule has 278 valence electrons. The van der Waals surface area contributed by atoms with Gasteiger partial charge in [0, 0.05) is 17.1 Å². The number of rotatable bonds is 9. The van der Waals surface area contributed by atoms with E-state index in [4.69, 9.17) is 0 Å². The molecule has 0 saturated carbocycles. The number of hydrogen-bond acceptors (Lipinski definition) is 1. The van der Waals surface area contributed by atoms with Crippen LogP contribution in [0.25, 0.3) is 77.5 Å². The number of nitrogens with zero attached hydrogens (tertiary/aromatic N) is 1. The highest BCUT2D eigenvalue weighted by Gasteiger charge is 2.17. The highest BCUT2D eigenvalue weighted by atomic mass is 15.1. The van der Waals surface area contributed by atoms with Crippen LogP contribution >= 0.6 is 0 Å². The van der Waals surface area contributed by atoms with Crippen molar-refractivity contribution in [3.63, 3.8) is 0 Å². The van der Waals surface area contributed by atoms with Crippen molar-refractivity contribution in [1.82, 2.24) is 0 Å². The van der Waals surface area contributed by atoms with E-state index in [-0.39, 0.29) is 0 Å². The van der Waals surface area contributed by atoms with Crippen LogP contribution in [0.5, 0.6) is 0 Å². The molecule has 0 radical (unpaired) electrons. The summed E-state index contributed by atoms with van der Waals surface area (Å²) in [4.78, 5) is 2.37. The number of hydrogen-bond donors (Lipinski definition) is 0. The summed E-state index contributed by atoms with van der Waals surface area (Å²) in [5.74, 6) is 0. The first-order valence-corrected chi connectivity index (χ1v) is 20.3. The first-order chi connectivity index (χ1) is 29.3. The molecular weight excluding hydrogens is 711 g/mol. The molecule has 0 aliphatic carbocycles. The van der Waals surface area contributed by atoms with Crippen LogP contribution < -0.4 is 4.90 Å². The quantitative estimate of drug-likeness (QED) is 0.142. The third-order valence-corrected chi connectivity index (χ3v) is 11.3. The van der Waals surface area contributed by atoms with Gasteiger partial charge in [0.25, 0.3) is 0 Å². The maximum Gasteiger partial charge on any atom is 0.0467 e. The van der Waals surface area contributed by atoms with Crippen LogP contribution in [0.3, 0.4) is 0 Å². The second-order valence-corrected chi connectivity index (χ2v) is 14.9. The monoisotopic (exact) mass is 751 g/mol. The van der Waals surface area contributed by atoms with E-state index in [0.717, 1.165) is 22.6 Å². The van der Waals surface area contributed by atoms with Gasteiger partial charge < -0.3 is 4.90 Å². The molecule has 1 heteroatoms. The van der Waals surface area contributed by atoms with Gasteiger partial charge in [-0.25, -0.2) is 0 Å². The van der Waals surface area contributed by atoms with Crippen molar-refractivity contribution in [2.45, 2.75) is 0 Å². The van der Waals surface area contributed by atoms with Gasteiger partial charge in [0.05, 0.1) is 0 Å². The van der Waals surface area contributed by atoms with Crippen molar-refractivity contribution in [1.29, 1.82) is 0 Å². The average molecular weight is 752 g/mol. The molecule has 10 rings (SSSR count). The molecule has 0 bridgehead atoms. The zero-order valence-corrected chi connectivity index (χ0v) is 32.6. The summed E-state index contributed by atoms with van der Waals surface area (Å²) in [5, 5.41) is 2.50. The molecule has 0 saturated heterocycles. The zero-order chi connectivity index (χ0) is 39.4. The van der Waals surface area contributed by atoms with Gasteiger partial charge in [0.2, 0.25) is 0 Å². The molecule has 0 atom stereocenters. The molecule has 59 heavy (non-hydrogen) atoms. The predicted molar refractivity (Wildman–Crippen MR) is 251 cm³/mol. The fraction of sp³-hybridized carbons (Fsp3) is 0. The molecule has 0 spiro atoms. The summed E-state index contributed by atoms with van der Waals surface area (Å²) >= 11 is 0. The topological polar surface area (TPSA) is 3.24 Å². The third kappa shape index (κ3) is 7.23. The molecule has 10 aromatic carbocycles. The van der Waals surface area contributed by atoms with E-state index in [2.05, 4.69) is 254 Å². The molecular formula is C58H41N. The predicted octanol–water partition coefficient (Wildman–Crippen LogP) is 16.3. The van der Waals surface area contributed by atoms with Crippen LogP contribution in [0.15, 0.2) is 249 Å². The van der Waals surface area contributed by atoms with Crippen molar-refractivity contribution >= 4 is 27.8 Å². The lowest BCUT2D eigenvalue weighted by Crippen LogP contribution is -2.10. The summed E-state index contributed by atoms with van der Waals surface area (Å²) in [6.07, 6.45) is 0. The molecule has 0 aliphatic rings. The fourth-order valence-corrected chi connectivity index (χ4v) is 8.38. The van der Waals surface area contributed by atoms with Crippen LogP contribution in [0.1, 0.15) is 0 Å². The molecule has 10 aromatic rings. The Kier molecular flexibility index (Phi) is 9.68. The highest BCUT2D eigenvalue weighted by molar-refractivity contribution is 6.06. The van der Waals surface area contributed by atoms with Gasteiger partial charge in [0.15, 0.2) is 0 Å². The summed E-state index contributed by atoms with van der Waals surface area (Å²) in [7, 11) is 0. The van der Waals surface area contributed by atoms with Gasteiger partial charge >= 0.3 is 0 Å². The molecule has 0 heterocycles. The van der Waals surface area contributed by atoms with Crippen molar-refractivity contribution in [3.05, 3.63) is 249 Å². The van der Waals surface area contributed by atoms with E-state index in [9.17, 15) is 0 Å². The summed E-state index contributed by atoms with van der Waals surface area (Å²) in [6, 6.07) is 89.7. The molecule has 1 nitrogen and oxygen atoms in total. The first kappa shape index (κ1) is 35.7. The minimum absolute atomic E-state index is 1.09.